The van der Waals surface area contributed by atoms with E-state index in [4.69, 9.17) is 11.6 Å². The first-order valence-corrected chi connectivity index (χ1v) is 9.86. The quantitative estimate of drug-likeness (QED) is 0.565. The third-order valence-corrected chi connectivity index (χ3v) is 5.31. The Kier molecular flexibility index (Phi) is 7.33. The number of aromatic nitrogens is 1. The summed E-state index contributed by atoms with van der Waals surface area (Å²) in [5.41, 5.74) is 1.15. The third kappa shape index (κ3) is 6.12. The highest BCUT2D eigenvalue weighted by atomic mass is 35.5. The fourth-order valence-corrected chi connectivity index (χ4v) is 3.91. The van der Waals surface area contributed by atoms with Gasteiger partial charge in [0.1, 0.15) is 5.01 Å². The molecule has 0 amide bonds. The predicted octanol–water partition coefficient (Wildman–Crippen LogP) is 4.28. The maximum atomic E-state index is 5.95. The van der Waals surface area contributed by atoms with E-state index in [1.807, 2.05) is 6.07 Å². The summed E-state index contributed by atoms with van der Waals surface area (Å²) in [5, 5.41) is 9.80. The Morgan fingerprint density at radius 1 is 1.35 bits per heavy atom. The Morgan fingerprint density at radius 2 is 2.17 bits per heavy atom. The van der Waals surface area contributed by atoms with Crippen LogP contribution in [0.2, 0.25) is 4.34 Å². The first-order valence-electron chi connectivity index (χ1n) is 7.79. The number of guanidine groups is 1. The molecule has 0 spiro atoms. The molecule has 0 atom stereocenters. The van der Waals surface area contributed by atoms with Crippen LogP contribution in [-0.4, -0.2) is 24.0 Å². The van der Waals surface area contributed by atoms with E-state index < -0.39 is 0 Å². The highest BCUT2D eigenvalue weighted by Crippen LogP contribution is 2.21. The van der Waals surface area contributed by atoms with Crippen molar-refractivity contribution in [1.29, 1.82) is 0 Å². The van der Waals surface area contributed by atoms with Crippen LogP contribution in [0.3, 0.4) is 0 Å². The number of hydrogen-bond acceptors (Lipinski definition) is 4. The van der Waals surface area contributed by atoms with E-state index in [1.165, 1.54) is 4.88 Å². The summed E-state index contributed by atoms with van der Waals surface area (Å²) in [6.07, 6.45) is 0.941. The lowest BCUT2D eigenvalue weighted by atomic mass is 10.2. The van der Waals surface area contributed by atoms with E-state index in [0.29, 0.717) is 12.5 Å². The van der Waals surface area contributed by atoms with Crippen molar-refractivity contribution in [2.75, 3.05) is 13.1 Å². The van der Waals surface area contributed by atoms with Crippen LogP contribution in [0.25, 0.3) is 0 Å². The fraction of sp³-hybridized carbons (Fsp3) is 0.500. The molecule has 0 bridgehead atoms. The number of thiophene rings is 1. The van der Waals surface area contributed by atoms with E-state index >= 15 is 0 Å². The molecule has 0 saturated heterocycles. The van der Waals surface area contributed by atoms with Gasteiger partial charge in [0.25, 0.3) is 0 Å². The average molecular weight is 371 g/mol. The maximum absolute atomic E-state index is 5.95. The second kappa shape index (κ2) is 9.25. The van der Waals surface area contributed by atoms with Crippen LogP contribution < -0.4 is 10.6 Å². The third-order valence-electron chi connectivity index (χ3n) is 3.17. The van der Waals surface area contributed by atoms with Gasteiger partial charge in [-0.3, -0.25) is 0 Å². The van der Waals surface area contributed by atoms with Crippen LogP contribution in [0, 0.1) is 0 Å². The lowest BCUT2D eigenvalue weighted by Crippen LogP contribution is -2.38. The number of nitrogens with zero attached hydrogens (tertiary/aromatic N) is 2. The molecule has 0 radical (unpaired) electrons. The second-order valence-corrected chi connectivity index (χ2v) is 8.14. The van der Waals surface area contributed by atoms with Crippen LogP contribution in [0.4, 0.5) is 0 Å². The molecule has 0 saturated carbocycles. The van der Waals surface area contributed by atoms with E-state index in [2.05, 4.69) is 52.8 Å². The van der Waals surface area contributed by atoms with Crippen molar-refractivity contribution in [2.24, 2.45) is 4.99 Å². The number of hydrogen-bond donors (Lipinski definition) is 2. The summed E-state index contributed by atoms with van der Waals surface area (Å²) in [5.74, 6) is 1.30. The molecule has 2 N–H and O–H groups in total. The van der Waals surface area contributed by atoms with Crippen LogP contribution in [0.15, 0.2) is 22.5 Å². The minimum absolute atomic E-state index is 0.466. The highest BCUT2D eigenvalue weighted by Gasteiger charge is 2.06. The molecule has 0 aliphatic heterocycles. The van der Waals surface area contributed by atoms with E-state index in [1.54, 1.807) is 22.7 Å². The van der Waals surface area contributed by atoms with Gasteiger partial charge in [-0.2, -0.15) is 0 Å². The van der Waals surface area contributed by atoms with Gasteiger partial charge >= 0.3 is 0 Å². The smallest absolute Gasteiger partial charge is 0.191 e. The Balaban J connectivity index is 1.85. The lowest BCUT2D eigenvalue weighted by molar-refractivity contribution is 0.797. The molecular formula is C16H23ClN4S2. The minimum Gasteiger partial charge on any atom is -0.357 e. The van der Waals surface area contributed by atoms with Crippen LogP contribution >= 0.6 is 34.3 Å². The maximum Gasteiger partial charge on any atom is 0.191 e. The van der Waals surface area contributed by atoms with Crippen molar-refractivity contribution in [2.45, 2.75) is 39.7 Å². The second-order valence-electron chi connectivity index (χ2n) is 5.40. The van der Waals surface area contributed by atoms with Crippen LogP contribution in [0.1, 0.15) is 42.3 Å². The molecule has 0 aliphatic rings. The molecular weight excluding hydrogens is 348 g/mol. The zero-order valence-electron chi connectivity index (χ0n) is 13.7. The average Bonchev–Trinajstić information content (AvgIpc) is 3.14. The normalized spacial score (nSPS) is 12.0. The van der Waals surface area contributed by atoms with Crippen LogP contribution in [0.5, 0.6) is 0 Å². The van der Waals surface area contributed by atoms with Gasteiger partial charge in [0, 0.05) is 23.3 Å². The van der Waals surface area contributed by atoms with Gasteiger partial charge in [0.15, 0.2) is 5.96 Å². The summed E-state index contributed by atoms with van der Waals surface area (Å²) < 4.78 is 0.838. The number of aliphatic imine (C=N–C) groups is 1. The Hall–Kier alpha value is -1.11. The summed E-state index contributed by atoms with van der Waals surface area (Å²) in [6.45, 7) is 8.66. The van der Waals surface area contributed by atoms with Crippen molar-refractivity contribution in [3.8, 4) is 0 Å². The van der Waals surface area contributed by atoms with Gasteiger partial charge < -0.3 is 10.6 Å². The van der Waals surface area contributed by atoms with Gasteiger partial charge in [-0.1, -0.05) is 25.4 Å². The summed E-state index contributed by atoms with van der Waals surface area (Å²) in [4.78, 5) is 10.5. The topological polar surface area (TPSA) is 49.3 Å². The van der Waals surface area contributed by atoms with Gasteiger partial charge in [0.2, 0.25) is 0 Å². The molecule has 4 nitrogen and oxygen atoms in total. The minimum atomic E-state index is 0.466. The monoisotopic (exact) mass is 370 g/mol. The van der Waals surface area contributed by atoms with Crippen molar-refractivity contribution < 1.29 is 0 Å². The molecule has 2 aromatic rings. The number of halogens is 1. The number of rotatable bonds is 7. The highest BCUT2D eigenvalue weighted by molar-refractivity contribution is 7.16. The summed E-state index contributed by atoms with van der Waals surface area (Å²) in [6, 6.07) is 4.01. The molecule has 0 unspecified atom stereocenters. The van der Waals surface area contributed by atoms with Crippen molar-refractivity contribution in [3.63, 3.8) is 0 Å². The summed E-state index contributed by atoms with van der Waals surface area (Å²) >= 11 is 9.25. The van der Waals surface area contributed by atoms with E-state index in [9.17, 15) is 0 Å². The van der Waals surface area contributed by atoms with Crippen molar-refractivity contribution >= 4 is 40.2 Å². The number of nitrogens with one attached hydrogen (secondary N) is 2. The van der Waals surface area contributed by atoms with Gasteiger partial charge in [-0.25, -0.2) is 9.98 Å². The molecule has 23 heavy (non-hydrogen) atoms. The Morgan fingerprint density at radius 3 is 2.78 bits per heavy atom. The fourth-order valence-electron chi connectivity index (χ4n) is 1.94. The first kappa shape index (κ1) is 18.2. The zero-order chi connectivity index (χ0) is 16.7. The molecule has 0 aromatic carbocycles. The molecule has 0 aliphatic carbocycles. The molecule has 126 valence electrons. The SMILES string of the molecule is CCNC(=NCc1nc(C(C)C)cs1)NCCc1ccc(Cl)s1. The molecule has 0 fully saturated rings. The predicted molar refractivity (Wildman–Crippen MR) is 102 cm³/mol. The molecule has 2 rings (SSSR count). The molecule has 2 aromatic heterocycles. The Labute approximate surface area is 151 Å². The van der Waals surface area contributed by atoms with Crippen molar-refractivity contribution in [3.05, 3.63) is 37.4 Å². The van der Waals surface area contributed by atoms with Crippen LogP contribution in [-0.2, 0) is 13.0 Å². The molecule has 2 heterocycles. The van der Waals surface area contributed by atoms with Crippen molar-refractivity contribution in [1.82, 2.24) is 15.6 Å². The van der Waals surface area contributed by atoms with E-state index in [-0.39, 0.29) is 0 Å². The molecule has 7 heteroatoms. The largest absolute Gasteiger partial charge is 0.357 e. The standard InChI is InChI=1S/C16H23ClN4S2/c1-4-18-16(19-8-7-12-5-6-14(17)23-12)20-9-15-21-13(10-22-15)11(2)3/h5-6,10-11H,4,7-9H2,1-3H3,(H2,18,19,20). The number of thiazole rings is 1. The van der Waals surface area contributed by atoms with Gasteiger partial charge in [-0.15, -0.1) is 22.7 Å². The van der Waals surface area contributed by atoms with Gasteiger partial charge in [0.05, 0.1) is 16.6 Å². The van der Waals surface area contributed by atoms with E-state index in [0.717, 1.165) is 40.5 Å². The first-order chi connectivity index (χ1) is 11.1. The van der Waals surface area contributed by atoms with Gasteiger partial charge in [-0.05, 0) is 31.4 Å². The Bertz CT molecular complexity index is 634. The summed E-state index contributed by atoms with van der Waals surface area (Å²) in [7, 11) is 0. The zero-order valence-corrected chi connectivity index (χ0v) is 16.1. The lowest BCUT2D eigenvalue weighted by Gasteiger charge is -2.10.